The molecule has 0 unspecified atom stereocenters. The van der Waals surface area contributed by atoms with E-state index >= 15 is 0 Å². The van der Waals surface area contributed by atoms with E-state index in [0.717, 1.165) is 33.5 Å². The molecule has 1 amide bonds. The molecule has 6 heteroatoms. The van der Waals surface area contributed by atoms with Gasteiger partial charge in [-0.3, -0.25) is 4.79 Å². The first-order valence-corrected chi connectivity index (χ1v) is 13.2. The first kappa shape index (κ1) is 23.5. The highest BCUT2D eigenvalue weighted by atomic mass is 79.9. The highest BCUT2D eigenvalue weighted by Crippen LogP contribution is 2.34. The minimum Gasteiger partial charge on any atom is -0.488 e. The number of rotatable bonds is 7. The van der Waals surface area contributed by atoms with Crippen molar-refractivity contribution in [2.45, 2.75) is 25.4 Å². The Balaban J connectivity index is 1.31. The Labute approximate surface area is 217 Å². The summed E-state index contributed by atoms with van der Waals surface area (Å²) in [6.45, 7) is 2.58. The Morgan fingerprint density at radius 2 is 1.74 bits per heavy atom. The van der Waals surface area contributed by atoms with Crippen LogP contribution in [0.4, 0.5) is 5.69 Å². The Morgan fingerprint density at radius 3 is 2.54 bits per heavy atom. The largest absolute Gasteiger partial charge is 0.488 e. The number of halogens is 1. The van der Waals surface area contributed by atoms with Crippen molar-refractivity contribution in [3.63, 3.8) is 0 Å². The minimum absolute atomic E-state index is 0.0990. The van der Waals surface area contributed by atoms with Gasteiger partial charge in [-0.15, -0.1) is 0 Å². The highest BCUT2D eigenvalue weighted by Gasteiger charge is 2.27. The van der Waals surface area contributed by atoms with Crippen LogP contribution in [-0.2, 0) is 17.8 Å². The number of aryl methyl sites for hydroxylation is 1. The van der Waals surface area contributed by atoms with E-state index in [1.54, 1.807) is 0 Å². The number of ether oxygens (including phenoxy) is 1. The number of nitrogens with one attached hydrogen (secondary N) is 2. The summed E-state index contributed by atoms with van der Waals surface area (Å²) in [5, 5.41) is 8.77. The van der Waals surface area contributed by atoms with E-state index in [9.17, 15) is 4.79 Å². The summed E-state index contributed by atoms with van der Waals surface area (Å²) >= 11 is 5.01. The van der Waals surface area contributed by atoms with E-state index in [0.29, 0.717) is 11.5 Å². The molecule has 0 bridgehead atoms. The molecule has 1 aliphatic heterocycles. The van der Waals surface area contributed by atoms with Gasteiger partial charge >= 0.3 is 0 Å². The van der Waals surface area contributed by atoms with Gasteiger partial charge in [0.2, 0.25) is 0 Å². The molecule has 0 radical (unpaired) electrons. The van der Waals surface area contributed by atoms with Gasteiger partial charge in [0.1, 0.15) is 12.4 Å². The van der Waals surface area contributed by atoms with E-state index < -0.39 is 0 Å². The summed E-state index contributed by atoms with van der Waals surface area (Å²) in [6, 6.07) is 28.8. The van der Waals surface area contributed by atoms with Crippen LogP contribution in [0.25, 0.3) is 16.8 Å². The van der Waals surface area contributed by atoms with E-state index in [4.69, 9.17) is 4.74 Å². The van der Waals surface area contributed by atoms with Crippen molar-refractivity contribution in [1.82, 2.24) is 5.32 Å². The number of carbonyl (C=O) groups excluding carboxylic acids is 1. The summed E-state index contributed by atoms with van der Waals surface area (Å²) in [7, 11) is 0. The highest BCUT2D eigenvalue weighted by molar-refractivity contribution is 9.10. The number of carbonyl (C=O) groups is 1. The molecule has 0 saturated carbocycles. The zero-order valence-electron chi connectivity index (χ0n) is 19.3. The fourth-order valence-electron chi connectivity index (χ4n) is 3.95. The molecule has 2 N–H and O–H groups in total. The number of fused-ring (bicyclic) bond motifs is 1. The second kappa shape index (κ2) is 10.6. The van der Waals surface area contributed by atoms with Crippen LogP contribution in [-0.4, -0.2) is 11.4 Å². The Hall–Kier alpha value is -3.22. The van der Waals surface area contributed by atoms with Crippen LogP contribution in [0.15, 0.2) is 94.3 Å². The maximum absolute atomic E-state index is 12.7. The Morgan fingerprint density at radius 1 is 0.971 bits per heavy atom. The molecule has 1 heterocycles. The number of hydrogen-bond donors (Lipinski definition) is 2. The molecule has 4 aromatic carbocycles. The molecule has 176 valence electrons. The molecule has 1 atom stereocenters. The third-order valence-corrected chi connectivity index (χ3v) is 7.38. The van der Waals surface area contributed by atoms with Gasteiger partial charge < -0.3 is 15.4 Å². The number of benzene rings is 4. The summed E-state index contributed by atoms with van der Waals surface area (Å²) in [5.41, 5.74) is 3.98. The van der Waals surface area contributed by atoms with Crippen LogP contribution < -0.4 is 15.4 Å². The molecule has 0 aromatic heterocycles. The van der Waals surface area contributed by atoms with Crippen LogP contribution >= 0.6 is 27.7 Å². The number of amides is 1. The number of anilines is 1. The molecule has 4 nitrogen and oxygen atoms in total. The second-order valence-corrected chi connectivity index (χ2v) is 10.4. The average molecular weight is 546 g/mol. The summed E-state index contributed by atoms with van der Waals surface area (Å²) < 4.78 is 7.12. The van der Waals surface area contributed by atoms with Crippen molar-refractivity contribution >= 4 is 56.1 Å². The zero-order chi connectivity index (χ0) is 24.2. The van der Waals surface area contributed by atoms with E-state index in [-0.39, 0.29) is 11.4 Å². The quantitative estimate of drug-likeness (QED) is 0.239. The van der Waals surface area contributed by atoms with Gasteiger partial charge in [0.15, 0.2) is 5.50 Å². The zero-order valence-corrected chi connectivity index (χ0v) is 21.7. The molecule has 0 aliphatic carbocycles. The summed E-state index contributed by atoms with van der Waals surface area (Å²) in [5.74, 6) is 0.631. The topological polar surface area (TPSA) is 50.4 Å². The van der Waals surface area contributed by atoms with Crippen molar-refractivity contribution in [3.8, 4) is 5.75 Å². The SMILES string of the molecule is CCc1ccc(N[C@@H]2NC(=O)/C(=C/c3cc(Br)ccc3OCc3ccc4ccccc4c3)S2)cc1. The van der Waals surface area contributed by atoms with Gasteiger partial charge in [0.05, 0.1) is 4.91 Å². The normalized spacial score (nSPS) is 16.5. The molecule has 4 aromatic rings. The summed E-state index contributed by atoms with van der Waals surface area (Å²) in [6.07, 6.45) is 2.89. The van der Waals surface area contributed by atoms with Crippen LogP contribution in [0.2, 0.25) is 0 Å². The molecule has 1 aliphatic rings. The lowest BCUT2D eigenvalue weighted by atomic mass is 10.1. The summed E-state index contributed by atoms with van der Waals surface area (Å²) in [4.78, 5) is 13.3. The lowest BCUT2D eigenvalue weighted by molar-refractivity contribution is -0.116. The fourth-order valence-corrected chi connectivity index (χ4v) is 5.30. The maximum Gasteiger partial charge on any atom is 0.260 e. The number of hydrogen-bond acceptors (Lipinski definition) is 4. The van der Waals surface area contributed by atoms with E-state index in [1.807, 2.05) is 48.5 Å². The third kappa shape index (κ3) is 5.72. The van der Waals surface area contributed by atoms with Gasteiger partial charge in [0.25, 0.3) is 5.91 Å². The van der Waals surface area contributed by atoms with Crippen LogP contribution in [0.5, 0.6) is 5.75 Å². The van der Waals surface area contributed by atoms with Crippen LogP contribution in [0.3, 0.4) is 0 Å². The lowest BCUT2D eigenvalue weighted by Crippen LogP contribution is -2.30. The fraction of sp³-hybridized carbons (Fsp3) is 0.138. The van der Waals surface area contributed by atoms with Crippen LogP contribution in [0, 0.1) is 0 Å². The minimum atomic E-state index is -0.227. The predicted molar refractivity (Wildman–Crippen MR) is 149 cm³/mol. The van der Waals surface area contributed by atoms with Crippen molar-refractivity contribution in [3.05, 3.63) is 111 Å². The lowest BCUT2D eigenvalue weighted by Gasteiger charge is -2.13. The second-order valence-electron chi connectivity index (χ2n) is 8.33. The van der Waals surface area contributed by atoms with Gasteiger partial charge in [-0.05, 0) is 70.8 Å². The van der Waals surface area contributed by atoms with Crippen molar-refractivity contribution in [2.24, 2.45) is 0 Å². The molecular weight excluding hydrogens is 520 g/mol. The molecule has 5 rings (SSSR count). The van der Waals surface area contributed by atoms with Gasteiger partial charge in [-0.2, -0.15) is 0 Å². The number of thioether (sulfide) groups is 1. The predicted octanol–water partition coefficient (Wildman–Crippen LogP) is 7.34. The van der Waals surface area contributed by atoms with Crippen molar-refractivity contribution in [1.29, 1.82) is 0 Å². The van der Waals surface area contributed by atoms with E-state index in [2.05, 4.69) is 76.0 Å². The Bertz CT molecular complexity index is 1400. The monoisotopic (exact) mass is 544 g/mol. The average Bonchev–Trinajstić information content (AvgIpc) is 3.22. The van der Waals surface area contributed by atoms with Crippen LogP contribution in [0.1, 0.15) is 23.6 Å². The molecular formula is C29H25BrN2O2S. The molecule has 1 saturated heterocycles. The molecule has 0 spiro atoms. The van der Waals surface area contributed by atoms with Gasteiger partial charge in [-0.25, -0.2) is 0 Å². The van der Waals surface area contributed by atoms with Gasteiger partial charge in [-0.1, -0.05) is 83.1 Å². The standard InChI is InChI=1S/C29H25BrN2O2S/c1-2-19-8-12-25(13-9-19)31-29-32-28(33)27(35-29)17-23-16-24(30)11-14-26(23)34-18-20-7-10-21-5-3-4-6-22(21)15-20/h3-17,29,31H,2,18H2,1H3,(H,32,33)/b27-17-/t29-/m1/s1. The molecule has 35 heavy (non-hydrogen) atoms. The first-order chi connectivity index (χ1) is 17.1. The third-order valence-electron chi connectivity index (χ3n) is 5.86. The first-order valence-electron chi connectivity index (χ1n) is 11.5. The Kier molecular flexibility index (Phi) is 7.11. The van der Waals surface area contributed by atoms with Crippen molar-refractivity contribution in [2.75, 3.05) is 5.32 Å². The molecule has 1 fully saturated rings. The smallest absolute Gasteiger partial charge is 0.260 e. The van der Waals surface area contributed by atoms with Crippen molar-refractivity contribution < 1.29 is 9.53 Å². The van der Waals surface area contributed by atoms with E-state index in [1.165, 1.54) is 28.1 Å². The van der Waals surface area contributed by atoms with Gasteiger partial charge in [0, 0.05) is 15.7 Å². The maximum atomic E-state index is 12.7.